The highest BCUT2D eigenvalue weighted by molar-refractivity contribution is 5.90. The van der Waals surface area contributed by atoms with E-state index < -0.39 is 70.8 Å². The van der Waals surface area contributed by atoms with Crippen LogP contribution in [-0.2, 0) is 58.9 Å². The van der Waals surface area contributed by atoms with E-state index in [1.54, 1.807) is 73.4 Å². The Kier molecular flexibility index (Phi) is 17.6. The number of esters is 3. The van der Waals surface area contributed by atoms with Crippen LogP contribution in [0.2, 0.25) is 0 Å². The third-order valence-electron chi connectivity index (χ3n) is 10.7. The molecule has 336 valence electrons. The highest BCUT2D eigenvalue weighted by Gasteiger charge is 2.53. The first-order chi connectivity index (χ1) is 28.2. The van der Waals surface area contributed by atoms with Gasteiger partial charge in [0, 0.05) is 37.7 Å². The minimum Gasteiger partial charge on any atom is -0.455 e. The van der Waals surface area contributed by atoms with Crippen molar-refractivity contribution in [2.75, 3.05) is 26.4 Å². The molecular formula is C46H70N2O12. The molecule has 3 aliphatic heterocycles. The van der Waals surface area contributed by atoms with Gasteiger partial charge in [-0.25, -0.2) is 4.79 Å². The molecule has 3 aliphatic rings. The topological polar surface area (TPSA) is 156 Å². The largest absolute Gasteiger partial charge is 0.455 e. The van der Waals surface area contributed by atoms with E-state index in [1.165, 1.54) is 6.08 Å². The third kappa shape index (κ3) is 14.3. The lowest BCUT2D eigenvalue weighted by Crippen LogP contribution is -2.64. The fourth-order valence-electron chi connectivity index (χ4n) is 7.06. The van der Waals surface area contributed by atoms with Gasteiger partial charge < -0.3 is 43.0 Å². The van der Waals surface area contributed by atoms with E-state index in [4.69, 9.17) is 33.2 Å². The molecule has 3 heterocycles. The predicted octanol–water partition coefficient (Wildman–Crippen LogP) is 7.50. The SMILES string of the molecule is CCCCC[C@H](C[C@H]1CC(=O)C=CN1[C@H]1OC[C@@H](OC(=O)C(C)(C)C)C(OC(=O)C(C)(C)C)C1OC(=O)C(C)(C)C)N(CCCC1OCCO1)C(=O)OCc1ccccc1. The van der Waals surface area contributed by atoms with Gasteiger partial charge in [-0.15, -0.1) is 0 Å². The molecule has 0 aromatic heterocycles. The second kappa shape index (κ2) is 21.7. The number of rotatable bonds is 17. The molecule has 6 atom stereocenters. The Morgan fingerprint density at radius 1 is 0.800 bits per heavy atom. The highest BCUT2D eigenvalue weighted by Crippen LogP contribution is 2.35. The summed E-state index contributed by atoms with van der Waals surface area (Å²) in [7, 11) is 0. The summed E-state index contributed by atoms with van der Waals surface area (Å²) in [6.07, 6.45) is 2.49. The van der Waals surface area contributed by atoms with Gasteiger partial charge in [0.2, 0.25) is 0 Å². The van der Waals surface area contributed by atoms with Crippen LogP contribution < -0.4 is 0 Å². The molecule has 0 saturated carbocycles. The van der Waals surface area contributed by atoms with E-state index in [9.17, 15) is 24.0 Å². The second-order valence-corrected chi connectivity index (χ2v) is 19.2. The van der Waals surface area contributed by atoms with Crippen molar-refractivity contribution in [2.45, 2.75) is 170 Å². The van der Waals surface area contributed by atoms with Crippen LogP contribution in [0.4, 0.5) is 4.79 Å². The molecule has 2 unspecified atom stereocenters. The molecule has 1 amide bonds. The first-order valence-corrected chi connectivity index (χ1v) is 21.6. The minimum atomic E-state index is -1.29. The number of ketones is 1. The number of carbonyl (C=O) groups excluding carboxylic acids is 5. The number of allylic oxidation sites excluding steroid dienone is 1. The molecule has 2 fully saturated rings. The lowest BCUT2D eigenvalue weighted by atomic mass is 9.91. The summed E-state index contributed by atoms with van der Waals surface area (Å²) in [6, 6.07) is 8.57. The quantitative estimate of drug-likeness (QED) is 0.0864. The molecule has 4 rings (SSSR count). The van der Waals surface area contributed by atoms with E-state index in [0.29, 0.717) is 45.4 Å². The third-order valence-corrected chi connectivity index (χ3v) is 10.7. The zero-order chi connectivity index (χ0) is 44.3. The minimum absolute atomic E-state index is 0.0755. The summed E-state index contributed by atoms with van der Waals surface area (Å²) in [5.74, 6) is -1.84. The summed E-state index contributed by atoms with van der Waals surface area (Å²) >= 11 is 0. The first-order valence-electron chi connectivity index (χ1n) is 21.6. The Balaban J connectivity index is 1.73. The molecular weight excluding hydrogens is 773 g/mol. The van der Waals surface area contributed by atoms with Gasteiger partial charge >= 0.3 is 24.0 Å². The molecule has 0 aliphatic carbocycles. The van der Waals surface area contributed by atoms with E-state index in [1.807, 2.05) is 35.2 Å². The van der Waals surface area contributed by atoms with Crippen LogP contribution in [0.25, 0.3) is 0 Å². The van der Waals surface area contributed by atoms with Crippen molar-refractivity contribution in [2.24, 2.45) is 16.2 Å². The van der Waals surface area contributed by atoms with Crippen LogP contribution in [0, 0.1) is 16.2 Å². The van der Waals surface area contributed by atoms with Gasteiger partial charge in [-0.3, -0.25) is 19.2 Å². The Hall–Kier alpha value is -4.01. The number of carbonyl (C=O) groups is 5. The van der Waals surface area contributed by atoms with Crippen molar-refractivity contribution >= 4 is 29.8 Å². The summed E-state index contributed by atoms with van der Waals surface area (Å²) in [6.45, 7) is 18.8. The molecule has 14 nitrogen and oxygen atoms in total. The Morgan fingerprint density at radius 2 is 1.40 bits per heavy atom. The molecule has 1 aromatic rings. The van der Waals surface area contributed by atoms with Crippen molar-refractivity contribution in [1.29, 1.82) is 0 Å². The van der Waals surface area contributed by atoms with Crippen LogP contribution in [0.3, 0.4) is 0 Å². The van der Waals surface area contributed by atoms with E-state index in [0.717, 1.165) is 24.8 Å². The fourth-order valence-corrected chi connectivity index (χ4v) is 7.06. The average Bonchev–Trinajstić information content (AvgIpc) is 3.70. The number of ether oxygens (including phenoxy) is 7. The Bertz CT molecular complexity index is 1600. The molecule has 1 aromatic carbocycles. The van der Waals surface area contributed by atoms with Crippen molar-refractivity contribution in [3.8, 4) is 0 Å². The number of hydrogen-bond donors (Lipinski definition) is 0. The second-order valence-electron chi connectivity index (χ2n) is 19.2. The molecule has 2 saturated heterocycles. The molecule has 0 spiro atoms. The van der Waals surface area contributed by atoms with Gasteiger partial charge in [0.1, 0.15) is 6.61 Å². The van der Waals surface area contributed by atoms with Gasteiger partial charge in [-0.2, -0.15) is 0 Å². The highest BCUT2D eigenvalue weighted by atomic mass is 16.7. The van der Waals surface area contributed by atoms with E-state index >= 15 is 0 Å². The predicted molar refractivity (Wildman–Crippen MR) is 223 cm³/mol. The Labute approximate surface area is 356 Å². The van der Waals surface area contributed by atoms with Gasteiger partial charge in [-0.05, 0) is 93.2 Å². The molecule has 14 heteroatoms. The van der Waals surface area contributed by atoms with Gasteiger partial charge in [0.15, 0.2) is 36.6 Å². The van der Waals surface area contributed by atoms with Crippen LogP contribution in [0.5, 0.6) is 0 Å². The number of unbranched alkanes of at least 4 members (excludes halogenated alkanes) is 2. The van der Waals surface area contributed by atoms with Crippen LogP contribution in [0.1, 0.15) is 126 Å². The van der Waals surface area contributed by atoms with Crippen LogP contribution >= 0.6 is 0 Å². The molecule has 0 bridgehead atoms. The molecule has 0 radical (unpaired) electrons. The smallest absolute Gasteiger partial charge is 0.410 e. The average molecular weight is 843 g/mol. The maximum absolute atomic E-state index is 14.2. The van der Waals surface area contributed by atoms with Crippen molar-refractivity contribution in [3.63, 3.8) is 0 Å². The maximum Gasteiger partial charge on any atom is 0.410 e. The normalized spacial score (nSPS) is 23.2. The first kappa shape index (κ1) is 48.7. The fraction of sp³-hybridized carbons (Fsp3) is 0.717. The van der Waals surface area contributed by atoms with E-state index in [-0.39, 0.29) is 37.7 Å². The monoisotopic (exact) mass is 842 g/mol. The lowest BCUT2D eigenvalue weighted by Gasteiger charge is -2.49. The van der Waals surface area contributed by atoms with Crippen molar-refractivity contribution in [3.05, 3.63) is 48.2 Å². The molecule has 60 heavy (non-hydrogen) atoms. The number of hydrogen-bond acceptors (Lipinski definition) is 13. The number of benzene rings is 1. The summed E-state index contributed by atoms with van der Waals surface area (Å²) < 4.78 is 42.3. The summed E-state index contributed by atoms with van der Waals surface area (Å²) in [4.78, 5) is 71.8. The van der Waals surface area contributed by atoms with Gasteiger partial charge in [0.05, 0.1) is 36.1 Å². The zero-order valence-corrected chi connectivity index (χ0v) is 37.6. The van der Waals surface area contributed by atoms with E-state index in [2.05, 4.69) is 6.92 Å². The number of amides is 1. The summed E-state index contributed by atoms with van der Waals surface area (Å²) in [5, 5.41) is 0. The molecule has 0 N–H and O–H groups in total. The van der Waals surface area contributed by atoms with Crippen molar-refractivity contribution < 1.29 is 57.1 Å². The van der Waals surface area contributed by atoms with Crippen LogP contribution in [-0.4, -0.2) is 109 Å². The van der Waals surface area contributed by atoms with Crippen molar-refractivity contribution in [1.82, 2.24) is 9.80 Å². The van der Waals surface area contributed by atoms with Gasteiger partial charge in [0.25, 0.3) is 0 Å². The standard InChI is InChI=1S/C46H70N2O12/c1-11-12-14-20-32(48(23-17-21-36-54-25-26-55-36)43(53)57-29-31-18-15-13-16-19-31)27-33-28-34(49)22-24-47(33)39-38(60-42(52)46(8,9)10)37(59-41(51)45(5,6)7)35(30-56-39)58-40(50)44(2,3)4/h13,15-16,18-19,22,24,32-33,35-39H,11-12,14,17,20-21,23,25-30H2,1-10H3/t32-,33+,35-,37?,38?,39+/m1/s1. The maximum atomic E-state index is 14.2. The Morgan fingerprint density at radius 3 is 2.00 bits per heavy atom. The summed E-state index contributed by atoms with van der Waals surface area (Å²) in [5.41, 5.74) is -1.96. The van der Waals surface area contributed by atoms with Crippen LogP contribution in [0.15, 0.2) is 42.6 Å². The zero-order valence-electron chi connectivity index (χ0n) is 37.6. The van der Waals surface area contributed by atoms with Gasteiger partial charge in [-0.1, -0.05) is 56.5 Å². The lowest BCUT2D eigenvalue weighted by molar-refractivity contribution is -0.256. The number of nitrogens with zero attached hydrogens (tertiary/aromatic N) is 2.